The van der Waals surface area contributed by atoms with Gasteiger partial charge in [0.25, 0.3) is 0 Å². The van der Waals surface area contributed by atoms with Gasteiger partial charge in [0.2, 0.25) is 0 Å². The lowest BCUT2D eigenvalue weighted by Gasteiger charge is -2.17. The van der Waals surface area contributed by atoms with Crippen molar-refractivity contribution in [1.29, 1.82) is 0 Å². The topological polar surface area (TPSA) is 67.3 Å². The zero-order chi connectivity index (χ0) is 17.9. The summed E-state index contributed by atoms with van der Waals surface area (Å²) in [5, 5.41) is 19.4. The van der Waals surface area contributed by atoms with Gasteiger partial charge in [-0.2, -0.15) is 5.10 Å². The van der Waals surface area contributed by atoms with Crippen molar-refractivity contribution in [3.63, 3.8) is 0 Å². The van der Waals surface area contributed by atoms with Crippen LogP contribution in [0.2, 0.25) is 0 Å². The predicted octanol–water partition coefficient (Wildman–Crippen LogP) is 2.92. The van der Waals surface area contributed by atoms with E-state index in [1.54, 1.807) is 0 Å². The van der Waals surface area contributed by atoms with Gasteiger partial charge in [-0.15, -0.1) is 0 Å². The van der Waals surface area contributed by atoms with Crippen molar-refractivity contribution in [1.82, 2.24) is 19.8 Å². The molecule has 6 heteroatoms. The van der Waals surface area contributed by atoms with Gasteiger partial charge in [0.05, 0.1) is 23.6 Å². The molecule has 0 spiro atoms. The molecule has 0 aliphatic carbocycles. The summed E-state index contributed by atoms with van der Waals surface area (Å²) >= 11 is 0. The number of aryl methyl sites for hydroxylation is 2. The van der Waals surface area contributed by atoms with Crippen LogP contribution in [0.15, 0.2) is 47.0 Å². The molecule has 0 amide bonds. The Bertz CT molecular complexity index is 856. The minimum Gasteiger partial charge on any atom is -0.382 e. The van der Waals surface area contributed by atoms with Crippen LogP contribution in [0.1, 0.15) is 47.9 Å². The monoisotopic (exact) mass is 352 g/mol. The Morgan fingerprint density at radius 2 is 2.04 bits per heavy atom. The Labute approximate surface area is 153 Å². The Morgan fingerprint density at radius 3 is 2.81 bits per heavy atom. The number of benzene rings is 1. The lowest BCUT2D eigenvalue weighted by Crippen LogP contribution is -2.22. The molecule has 6 nitrogen and oxygen atoms in total. The van der Waals surface area contributed by atoms with Gasteiger partial charge in [-0.05, 0) is 24.5 Å². The highest BCUT2D eigenvalue weighted by molar-refractivity contribution is 5.26. The number of nitrogens with zero attached hydrogens (tertiary/aromatic N) is 4. The molecule has 0 bridgehead atoms. The number of rotatable bonds is 5. The quantitative estimate of drug-likeness (QED) is 0.765. The zero-order valence-electron chi connectivity index (χ0n) is 15.0. The molecule has 136 valence electrons. The van der Waals surface area contributed by atoms with Gasteiger partial charge in [-0.3, -0.25) is 9.58 Å². The molecule has 3 heterocycles. The average Bonchev–Trinajstić information content (AvgIpc) is 3.24. The Kier molecular flexibility index (Phi) is 4.86. The zero-order valence-corrected chi connectivity index (χ0v) is 15.0. The van der Waals surface area contributed by atoms with Crippen LogP contribution < -0.4 is 0 Å². The maximum Gasteiger partial charge on any atom is 0.150 e. The minimum absolute atomic E-state index is 0.689. The van der Waals surface area contributed by atoms with Crippen molar-refractivity contribution in [3.05, 3.63) is 70.9 Å². The van der Waals surface area contributed by atoms with E-state index in [9.17, 15) is 5.11 Å². The third-order valence-electron chi connectivity index (χ3n) is 4.86. The molecular formula is C20H24N4O2. The van der Waals surface area contributed by atoms with Crippen molar-refractivity contribution in [3.8, 4) is 0 Å². The van der Waals surface area contributed by atoms with E-state index >= 15 is 0 Å². The summed E-state index contributed by atoms with van der Waals surface area (Å²) in [6.07, 6.45) is 1.21. The maximum atomic E-state index is 10.6. The number of aliphatic hydroxyl groups excluding tert-OH is 1. The predicted molar refractivity (Wildman–Crippen MR) is 97.3 cm³/mol. The number of aromatic nitrogens is 3. The summed E-state index contributed by atoms with van der Waals surface area (Å²) in [4.78, 5) is 2.35. The fourth-order valence-corrected chi connectivity index (χ4v) is 3.44. The highest BCUT2D eigenvalue weighted by Gasteiger charge is 2.21. The fraction of sp³-hybridized carbons (Fsp3) is 0.400. The number of hydrogen-bond acceptors (Lipinski definition) is 5. The average molecular weight is 352 g/mol. The molecule has 0 saturated carbocycles. The summed E-state index contributed by atoms with van der Waals surface area (Å²) in [6, 6.07) is 13.7. The van der Waals surface area contributed by atoms with E-state index in [1.165, 1.54) is 0 Å². The fourth-order valence-electron chi connectivity index (χ4n) is 3.44. The van der Waals surface area contributed by atoms with Crippen molar-refractivity contribution >= 4 is 0 Å². The Balaban J connectivity index is 1.50. The van der Waals surface area contributed by atoms with Crippen LogP contribution in [-0.2, 0) is 26.1 Å². The Morgan fingerprint density at radius 1 is 1.19 bits per heavy atom. The van der Waals surface area contributed by atoms with Gasteiger partial charge in [-0.25, -0.2) is 0 Å². The molecule has 3 aromatic rings. The Hall–Kier alpha value is -2.44. The first-order valence-corrected chi connectivity index (χ1v) is 9.19. The van der Waals surface area contributed by atoms with Crippen LogP contribution in [0.5, 0.6) is 0 Å². The lowest BCUT2D eigenvalue weighted by molar-refractivity contribution is 0.213. The molecule has 26 heavy (non-hydrogen) atoms. The summed E-state index contributed by atoms with van der Waals surface area (Å²) in [5.74, 6) is 0.902. The van der Waals surface area contributed by atoms with E-state index in [-0.39, 0.29) is 0 Å². The van der Waals surface area contributed by atoms with E-state index in [0.717, 1.165) is 61.7 Å². The van der Waals surface area contributed by atoms with Crippen LogP contribution in [0.25, 0.3) is 0 Å². The third-order valence-corrected chi connectivity index (χ3v) is 4.86. The highest BCUT2D eigenvalue weighted by atomic mass is 16.5. The molecule has 0 unspecified atom stereocenters. The summed E-state index contributed by atoms with van der Waals surface area (Å²) in [7, 11) is 0. The molecule has 1 aromatic carbocycles. The van der Waals surface area contributed by atoms with Crippen LogP contribution >= 0.6 is 0 Å². The molecule has 1 aliphatic rings. The largest absolute Gasteiger partial charge is 0.382 e. The van der Waals surface area contributed by atoms with Crippen molar-refractivity contribution in [2.45, 2.75) is 45.5 Å². The van der Waals surface area contributed by atoms with E-state index in [1.807, 2.05) is 47.1 Å². The molecular weight excluding hydrogens is 328 g/mol. The van der Waals surface area contributed by atoms with Gasteiger partial charge in [0, 0.05) is 25.7 Å². The number of aliphatic hydroxyl groups is 1. The first-order valence-electron chi connectivity index (χ1n) is 9.19. The van der Waals surface area contributed by atoms with Gasteiger partial charge in [0.15, 0.2) is 5.76 Å². The van der Waals surface area contributed by atoms with Crippen molar-refractivity contribution < 1.29 is 9.63 Å². The van der Waals surface area contributed by atoms with Crippen LogP contribution in [0.3, 0.4) is 0 Å². The third kappa shape index (κ3) is 3.57. The first kappa shape index (κ1) is 17.0. The van der Waals surface area contributed by atoms with Gasteiger partial charge < -0.3 is 9.63 Å². The second-order valence-electron chi connectivity index (χ2n) is 6.80. The number of hydrogen-bond donors (Lipinski definition) is 1. The van der Waals surface area contributed by atoms with Crippen LogP contribution in [0, 0.1) is 0 Å². The van der Waals surface area contributed by atoms with E-state index < -0.39 is 6.10 Å². The van der Waals surface area contributed by atoms with E-state index in [2.05, 4.69) is 22.1 Å². The molecule has 0 fully saturated rings. The van der Waals surface area contributed by atoms with Crippen LogP contribution in [-0.4, -0.2) is 31.5 Å². The molecule has 4 rings (SSSR count). The van der Waals surface area contributed by atoms with Crippen LogP contribution in [0.4, 0.5) is 0 Å². The molecule has 2 aromatic heterocycles. The van der Waals surface area contributed by atoms with Crippen molar-refractivity contribution in [2.24, 2.45) is 0 Å². The second-order valence-corrected chi connectivity index (χ2v) is 6.80. The molecule has 1 N–H and O–H groups in total. The molecule has 0 radical (unpaired) electrons. The number of fused-ring (bicyclic) bond motifs is 1. The van der Waals surface area contributed by atoms with Gasteiger partial charge in [0.1, 0.15) is 6.10 Å². The standard InChI is InChI=1S/C20H24N4O2/c1-2-16-11-18(26-22-16)14-23-9-6-10-24-17(13-23)12-19(21-24)20(25)15-7-4-3-5-8-15/h3-5,7-8,11-12,20,25H,2,6,9-10,13-14H2,1H3/t20-/m0/s1. The highest BCUT2D eigenvalue weighted by Crippen LogP contribution is 2.24. The van der Waals surface area contributed by atoms with Gasteiger partial charge in [-0.1, -0.05) is 42.4 Å². The SMILES string of the molecule is CCc1cc(CN2CCCn3nc([C@@H](O)c4ccccc4)cc3C2)on1. The van der Waals surface area contributed by atoms with E-state index in [0.29, 0.717) is 5.69 Å². The lowest BCUT2D eigenvalue weighted by atomic mass is 10.1. The van der Waals surface area contributed by atoms with Crippen molar-refractivity contribution in [2.75, 3.05) is 6.54 Å². The maximum absolute atomic E-state index is 10.6. The molecule has 1 atom stereocenters. The smallest absolute Gasteiger partial charge is 0.150 e. The van der Waals surface area contributed by atoms with E-state index in [4.69, 9.17) is 4.52 Å². The summed E-state index contributed by atoms with van der Waals surface area (Å²) in [5.41, 5.74) is 3.70. The first-order chi connectivity index (χ1) is 12.7. The van der Waals surface area contributed by atoms with Gasteiger partial charge >= 0.3 is 0 Å². The minimum atomic E-state index is -0.689. The second kappa shape index (κ2) is 7.43. The summed E-state index contributed by atoms with van der Waals surface area (Å²) < 4.78 is 7.46. The molecule has 1 aliphatic heterocycles. The summed E-state index contributed by atoms with van der Waals surface area (Å²) in [6.45, 7) is 5.46. The molecule has 0 saturated heterocycles. The normalized spacial score (nSPS) is 16.2.